The number of benzene rings is 2. The lowest BCUT2D eigenvalue weighted by Gasteiger charge is -2.33. The monoisotopic (exact) mass is 318 g/mol. The molecule has 1 aliphatic rings. The minimum absolute atomic E-state index is 0.0939. The molecule has 0 amide bonds. The highest BCUT2D eigenvalue weighted by molar-refractivity contribution is 5.86. The summed E-state index contributed by atoms with van der Waals surface area (Å²) in [5.74, 6) is -8.55. The number of rotatable bonds is 2. The molecule has 0 bridgehead atoms. The Kier molecular flexibility index (Phi) is 3.63. The standard InChI is InChI=1S/C19H14F4/c1-13-7-9-15(10-8-13)17-12-11-16(14-5-3-2-4-6-14)18(20,21)19(17,22)23/h2-12H,1H3. The maximum atomic E-state index is 14.5. The summed E-state index contributed by atoms with van der Waals surface area (Å²) in [5.41, 5.74) is -0.262. The summed E-state index contributed by atoms with van der Waals surface area (Å²) in [7, 11) is 0. The highest BCUT2D eigenvalue weighted by Gasteiger charge is 2.62. The lowest BCUT2D eigenvalue weighted by atomic mass is 9.83. The van der Waals surface area contributed by atoms with Crippen LogP contribution in [0.5, 0.6) is 0 Å². The van der Waals surface area contributed by atoms with Crippen molar-refractivity contribution in [2.24, 2.45) is 0 Å². The largest absolute Gasteiger partial charge is 0.340 e. The summed E-state index contributed by atoms with van der Waals surface area (Å²) in [6, 6.07) is 13.7. The SMILES string of the molecule is Cc1ccc(C2=CC=C(c3ccccc3)C(F)(F)C2(F)F)cc1. The Morgan fingerprint density at radius 2 is 1.04 bits per heavy atom. The van der Waals surface area contributed by atoms with Crippen LogP contribution in [0.25, 0.3) is 11.1 Å². The molecule has 0 nitrogen and oxygen atoms in total. The molecule has 1 aliphatic carbocycles. The first-order valence-electron chi connectivity index (χ1n) is 7.15. The molecule has 23 heavy (non-hydrogen) atoms. The van der Waals surface area contributed by atoms with Crippen molar-refractivity contribution < 1.29 is 17.6 Å². The Bertz CT molecular complexity index is 769. The molecule has 0 aromatic heterocycles. The number of allylic oxidation sites excluding steroid dienone is 4. The molecule has 2 aromatic rings. The van der Waals surface area contributed by atoms with Crippen molar-refractivity contribution in [3.05, 3.63) is 83.4 Å². The second kappa shape index (κ2) is 5.37. The summed E-state index contributed by atoms with van der Waals surface area (Å²) in [6.45, 7) is 1.80. The van der Waals surface area contributed by atoms with E-state index in [1.165, 1.54) is 24.3 Å². The van der Waals surface area contributed by atoms with Crippen molar-refractivity contribution in [2.75, 3.05) is 0 Å². The number of hydrogen-bond acceptors (Lipinski definition) is 0. The van der Waals surface area contributed by atoms with Gasteiger partial charge in [0.15, 0.2) is 0 Å². The third-order valence-corrected chi connectivity index (χ3v) is 3.93. The fourth-order valence-corrected chi connectivity index (χ4v) is 2.62. The molecular formula is C19H14F4. The molecular weight excluding hydrogens is 304 g/mol. The molecule has 2 aromatic carbocycles. The highest BCUT2D eigenvalue weighted by atomic mass is 19.3. The van der Waals surface area contributed by atoms with Crippen LogP contribution in [0.3, 0.4) is 0 Å². The van der Waals surface area contributed by atoms with Gasteiger partial charge in [-0.25, -0.2) is 0 Å². The van der Waals surface area contributed by atoms with Crippen molar-refractivity contribution >= 4 is 11.1 Å². The third kappa shape index (κ3) is 2.48. The predicted octanol–water partition coefficient (Wildman–Crippen LogP) is 5.75. The molecule has 0 aliphatic heterocycles. The first-order valence-corrected chi connectivity index (χ1v) is 7.15. The lowest BCUT2D eigenvalue weighted by Crippen LogP contribution is -2.43. The van der Waals surface area contributed by atoms with Gasteiger partial charge in [0, 0.05) is 11.1 Å². The Morgan fingerprint density at radius 1 is 0.609 bits per heavy atom. The average molecular weight is 318 g/mol. The van der Waals surface area contributed by atoms with Crippen LogP contribution in [0.2, 0.25) is 0 Å². The van der Waals surface area contributed by atoms with E-state index < -0.39 is 23.0 Å². The van der Waals surface area contributed by atoms with E-state index in [0.717, 1.165) is 17.7 Å². The van der Waals surface area contributed by atoms with E-state index in [1.54, 1.807) is 37.3 Å². The van der Waals surface area contributed by atoms with Gasteiger partial charge in [-0.3, -0.25) is 0 Å². The molecule has 0 unspecified atom stereocenters. The van der Waals surface area contributed by atoms with E-state index in [1.807, 2.05) is 0 Å². The van der Waals surface area contributed by atoms with E-state index in [2.05, 4.69) is 0 Å². The number of hydrogen-bond donors (Lipinski definition) is 0. The molecule has 0 heterocycles. The second-order valence-corrected chi connectivity index (χ2v) is 5.54. The van der Waals surface area contributed by atoms with Crippen molar-refractivity contribution in [3.8, 4) is 0 Å². The van der Waals surface area contributed by atoms with Gasteiger partial charge in [0.1, 0.15) is 0 Å². The van der Waals surface area contributed by atoms with Crippen LogP contribution in [-0.4, -0.2) is 11.8 Å². The van der Waals surface area contributed by atoms with Gasteiger partial charge in [-0.2, -0.15) is 17.6 Å². The molecule has 0 N–H and O–H groups in total. The predicted molar refractivity (Wildman–Crippen MR) is 83.5 cm³/mol. The van der Waals surface area contributed by atoms with Gasteiger partial charge in [-0.05, 0) is 18.1 Å². The van der Waals surface area contributed by atoms with Crippen LogP contribution in [-0.2, 0) is 0 Å². The van der Waals surface area contributed by atoms with Gasteiger partial charge >= 0.3 is 11.8 Å². The minimum Gasteiger partial charge on any atom is -0.194 e. The Morgan fingerprint density at radius 3 is 1.52 bits per heavy atom. The molecule has 0 atom stereocenters. The van der Waals surface area contributed by atoms with E-state index in [9.17, 15) is 17.6 Å². The smallest absolute Gasteiger partial charge is 0.194 e. The molecule has 4 heteroatoms. The van der Waals surface area contributed by atoms with Gasteiger partial charge in [-0.1, -0.05) is 72.3 Å². The van der Waals surface area contributed by atoms with Crippen LogP contribution in [0.4, 0.5) is 17.6 Å². The van der Waals surface area contributed by atoms with Gasteiger partial charge in [0.2, 0.25) is 0 Å². The minimum atomic E-state index is -4.28. The Hall–Kier alpha value is -2.36. The van der Waals surface area contributed by atoms with Gasteiger partial charge < -0.3 is 0 Å². The van der Waals surface area contributed by atoms with Gasteiger partial charge in [0.05, 0.1) is 0 Å². The average Bonchev–Trinajstić information content (AvgIpc) is 2.52. The van der Waals surface area contributed by atoms with Crippen molar-refractivity contribution in [1.29, 1.82) is 0 Å². The quantitative estimate of drug-likeness (QED) is 0.619. The molecule has 0 saturated heterocycles. The van der Waals surface area contributed by atoms with E-state index in [-0.39, 0.29) is 11.1 Å². The summed E-state index contributed by atoms with van der Waals surface area (Å²) in [6.07, 6.45) is 2.17. The van der Waals surface area contributed by atoms with Crippen LogP contribution in [0.1, 0.15) is 16.7 Å². The van der Waals surface area contributed by atoms with Crippen molar-refractivity contribution in [3.63, 3.8) is 0 Å². The third-order valence-electron chi connectivity index (χ3n) is 3.93. The maximum Gasteiger partial charge on any atom is 0.340 e. The van der Waals surface area contributed by atoms with Crippen LogP contribution < -0.4 is 0 Å². The number of aryl methyl sites for hydroxylation is 1. The van der Waals surface area contributed by atoms with E-state index in [0.29, 0.717) is 0 Å². The normalized spacial score (nSPS) is 19.0. The van der Waals surface area contributed by atoms with E-state index in [4.69, 9.17) is 0 Å². The lowest BCUT2D eigenvalue weighted by molar-refractivity contribution is -0.133. The van der Waals surface area contributed by atoms with E-state index >= 15 is 0 Å². The summed E-state index contributed by atoms with van der Waals surface area (Å²) < 4.78 is 58.0. The molecule has 0 saturated carbocycles. The molecule has 3 rings (SSSR count). The molecule has 118 valence electrons. The maximum absolute atomic E-state index is 14.5. The fraction of sp³-hybridized carbons (Fsp3) is 0.158. The van der Waals surface area contributed by atoms with Gasteiger partial charge in [-0.15, -0.1) is 0 Å². The highest BCUT2D eigenvalue weighted by Crippen LogP contribution is 2.53. The first kappa shape index (κ1) is 15.5. The molecule has 0 radical (unpaired) electrons. The fourth-order valence-electron chi connectivity index (χ4n) is 2.62. The zero-order valence-electron chi connectivity index (χ0n) is 12.4. The van der Waals surface area contributed by atoms with Crippen LogP contribution in [0.15, 0.2) is 66.7 Å². The van der Waals surface area contributed by atoms with Crippen LogP contribution in [0, 0.1) is 6.92 Å². The van der Waals surface area contributed by atoms with Gasteiger partial charge in [0.25, 0.3) is 0 Å². The summed E-state index contributed by atoms with van der Waals surface area (Å²) >= 11 is 0. The van der Waals surface area contributed by atoms with Crippen molar-refractivity contribution in [2.45, 2.75) is 18.8 Å². The summed E-state index contributed by atoms with van der Waals surface area (Å²) in [5, 5.41) is 0. The topological polar surface area (TPSA) is 0 Å². The zero-order valence-corrected chi connectivity index (χ0v) is 12.4. The summed E-state index contributed by atoms with van der Waals surface area (Å²) in [4.78, 5) is 0. The number of alkyl halides is 4. The van der Waals surface area contributed by atoms with Crippen LogP contribution >= 0.6 is 0 Å². The molecule has 0 spiro atoms. The zero-order chi connectivity index (χ0) is 16.7. The Balaban J connectivity index is 2.14. The Labute approximate surface area is 131 Å². The van der Waals surface area contributed by atoms with Crippen molar-refractivity contribution in [1.82, 2.24) is 0 Å². The number of halogens is 4. The molecule has 0 fully saturated rings. The second-order valence-electron chi connectivity index (χ2n) is 5.54. The first-order chi connectivity index (χ1) is 10.8.